The molecule has 0 aliphatic carbocycles. The zero-order chi connectivity index (χ0) is 13.9. The van der Waals surface area contributed by atoms with E-state index in [-0.39, 0.29) is 23.2 Å². The minimum Gasteiger partial charge on any atom is -0.461 e. The summed E-state index contributed by atoms with van der Waals surface area (Å²) in [4.78, 5) is 11.4. The second kappa shape index (κ2) is 5.55. The molecule has 0 aliphatic rings. The first-order valence-corrected chi connectivity index (χ1v) is 6.64. The van der Waals surface area contributed by atoms with Gasteiger partial charge in [0.2, 0.25) is 5.69 Å². The third kappa shape index (κ3) is 3.12. The summed E-state index contributed by atoms with van der Waals surface area (Å²) in [5.74, 6) is -1.13. The van der Waals surface area contributed by atoms with Crippen LogP contribution in [0.4, 0.5) is 5.88 Å². The van der Waals surface area contributed by atoms with Crippen LogP contribution in [0.15, 0.2) is 4.52 Å². The van der Waals surface area contributed by atoms with Gasteiger partial charge in [0.1, 0.15) is 5.02 Å². The summed E-state index contributed by atoms with van der Waals surface area (Å²) in [5.41, 5.74) is -0.282. The van der Waals surface area contributed by atoms with Crippen molar-refractivity contribution in [1.82, 2.24) is 9.46 Å². The molecule has 0 radical (unpaired) electrons. The van der Waals surface area contributed by atoms with E-state index in [0.29, 0.717) is 0 Å². The fourth-order valence-electron chi connectivity index (χ4n) is 0.877. The molecule has 0 fully saturated rings. The van der Waals surface area contributed by atoms with Gasteiger partial charge in [0.05, 0.1) is 6.61 Å². The Morgan fingerprint density at radius 2 is 2.17 bits per heavy atom. The minimum absolute atomic E-state index is 0.140. The molecular weight excluding hydrogens is 286 g/mol. The molecule has 102 valence electrons. The van der Waals surface area contributed by atoms with Crippen LogP contribution in [0.25, 0.3) is 0 Å². The fraction of sp³-hybridized carbons (Fsp3) is 0.500. The first-order valence-electron chi connectivity index (χ1n) is 4.82. The molecule has 1 N–H and O–H groups in total. The molecule has 0 bridgehead atoms. The lowest BCUT2D eigenvalue weighted by Crippen LogP contribution is -2.28. The largest absolute Gasteiger partial charge is 0.461 e. The second-order valence-corrected chi connectivity index (χ2v) is 5.55. The second-order valence-electron chi connectivity index (χ2n) is 3.28. The first-order chi connectivity index (χ1) is 8.29. The zero-order valence-corrected chi connectivity index (χ0v) is 11.5. The van der Waals surface area contributed by atoms with Gasteiger partial charge in [-0.25, -0.2) is 9.52 Å². The number of halogens is 1. The zero-order valence-electron chi connectivity index (χ0n) is 9.93. The van der Waals surface area contributed by atoms with Gasteiger partial charge in [-0.15, -0.1) is 0 Å². The van der Waals surface area contributed by atoms with E-state index < -0.39 is 16.2 Å². The predicted molar refractivity (Wildman–Crippen MR) is 63.7 cm³/mol. The summed E-state index contributed by atoms with van der Waals surface area (Å²) in [7, 11) is -1.15. The van der Waals surface area contributed by atoms with E-state index in [4.69, 9.17) is 11.6 Å². The Hall–Kier alpha value is -1.32. The van der Waals surface area contributed by atoms with Gasteiger partial charge >= 0.3 is 16.2 Å². The lowest BCUT2D eigenvalue weighted by atomic mass is 10.4. The van der Waals surface area contributed by atoms with Gasteiger partial charge in [-0.05, 0) is 6.92 Å². The van der Waals surface area contributed by atoms with Crippen molar-refractivity contribution in [3.63, 3.8) is 0 Å². The molecular formula is C8H12ClN3O5S. The quantitative estimate of drug-likeness (QED) is 0.804. The molecule has 0 atom stereocenters. The summed E-state index contributed by atoms with van der Waals surface area (Å²) in [5, 5.41) is 3.10. The van der Waals surface area contributed by atoms with Gasteiger partial charge in [-0.3, -0.25) is 0 Å². The number of nitrogens with zero attached hydrogens (tertiary/aromatic N) is 2. The topological polar surface area (TPSA) is 102 Å². The normalized spacial score (nSPS) is 11.6. The molecule has 0 amide bonds. The molecule has 0 unspecified atom stereocenters. The number of hydrogen-bond acceptors (Lipinski definition) is 6. The summed E-state index contributed by atoms with van der Waals surface area (Å²) < 4.78 is 35.3. The van der Waals surface area contributed by atoms with Gasteiger partial charge in [-0.1, -0.05) is 16.8 Å². The van der Waals surface area contributed by atoms with Crippen molar-refractivity contribution in [3.8, 4) is 0 Å². The average Bonchev–Trinajstić information content (AvgIpc) is 2.60. The SMILES string of the molecule is CCOC(=O)c1noc(NS(=O)(=O)N(C)C)c1Cl. The molecule has 10 heteroatoms. The van der Waals surface area contributed by atoms with E-state index in [9.17, 15) is 13.2 Å². The highest BCUT2D eigenvalue weighted by Crippen LogP contribution is 2.27. The number of ether oxygens (including phenoxy) is 1. The molecule has 1 aromatic heterocycles. The van der Waals surface area contributed by atoms with Gasteiger partial charge in [0.15, 0.2) is 0 Å². The van der Waals surface area contributed by atoms with Crippen molar-refractivity contribution < 1.29 is 22.5 Å². The van der Waals surface area contributed by atoms with Crippen LogP contribution in [0.3, 0.4) is 0 Å². The average molecular weight is 298 g/mol. The van der Waals surface area contributed by atoms with E-state index >= 15 is 0 Å². The first kappa shape index (κ1) is 14.7. The predicted octanol–water partition coefficient (Wildman–Crippen LogP) is 0.723. The summed E-state index contributed by atoms with van der Waals surface area (Å²) in [6.07, 6.45) is 0. The van der Waals surface area contributed by atoms with Crippen LogP contribution in [0.5, 0.6) is 0 Å². The summed E-state index contributed by atoms with van der Waals surface area (Å²) in [6, 6.07) is 0. The van der Waals surface area contributed by atoms with Crippen molar-refractivity contribution in [2.24, 2.45) is 0 Å². The van der Waals surface area contributed by atoms with Crippen molar-refractivity contribution in [2.45, 2.75) is 6.92 Å². The van der Waals surface area contributed by atoms with E-state index in [1.807, 2.05) is 4.72 Å². The number of carbonyl (C=O) groups excluding carboxylic acids is 1. The Kier molecular flexibility index (Phi) is 4.54. The number of nitrogens with one attached hydrogen (secondary N) is 1. The summed E-state index contributed by atoms with van der Waals surface area (Å²) >= 11 is 5.76. The highest BCUT2D eigenvalue weighted by Gasteiger charge is 2.25. The third-order valence-electron chi connectivity index (χ3n) is 1.81. The highest BCUT2D eigenvalue weighted by atomic mass is 35.5. The van der Waals surface area contributed by atoms with Crippen LogP contribution < -0.4 is 4.72 Å². The molecule has 18 heavy (non-hydrogen) atoms. The van der Waals surface area contributed by atoms with E-state index in [2.05, 4.69) is 14.4 Å². The van der Waals surface area contributed by atoms with Crippen LogP contribution in [0, 0.1) is 0 Å². The fourth-order valence-corrected chi connectivity index (χ4v) is 1.68. The Morgan fingerprint density at radius 3 is 2.67 bits per heavy atom. The molecule has 0 saturated carbocycles. The van der Waals surface area contributed by atoms with Crippen LogP contribution >= 0.6 is 11.6 Å². The number of carbonyl (C=O) groups is 1. The monoisotopic (exact) mass is 297 g/mol. The molecule has 1 heterocycles. The minimum atomic E-state index is -3.79. The molecule has 0 aliphatic heterocycles. The molecule has 8 nitrogen and oxygen atoms in total. The van der Waals surface area contributed by atoms with E-state index in [1.165, 1.54) is 14.1 Å². The van der Waals surface area contributed by atoms with Gasteiger partial charge in [0.25, 0.3) is 5.88 Å². The van der Waals surface area contributed by atoms with E-state index in [1.54, 1.807) is 6.92 Å². The molecule has 0 saturated heterocycles. The van der Waals surface area contributed by atoms with Gasteiger partial charge in [-0.2, -0.15) is 12.7 Å². The Balaban J connectivity index is 2.98. The van der Waals surface area contributed by atoms with Crippen LogP contribution in [-0.2, 0) is 14.9 Å². The van der Waals surface area contributed by atoms with Crippen LogP contribution in [-0.4, -0.2) is 44.6 Å². The molecule has 1 rings (SSSR count). The maximum atomic E-state index is 11.5. The number of hydrogen-bond donors (Lipinski definition) is 1. The Bertz CT molecular complexity index is 539. The van der Waals surface area contributed by atoms with Gasteiger partial charge in [0, 0.05) is 14.1 Å². The van der Waals surface area contributed by atoms with Crippen LogP contribution in [0.1, 0.15) is 17.4 Å². The molecule has 1 aromatic rings. The lowest BCUT2D eigenvalue weighted by Gasteiger charge is -2.10. The van der Waals surface area contributed by atoms with Crippen molar-refractivity contribution in [3.05, 3.63) is 10.7 Å². The van der Waals surface area contributed by atoms with E-state index in [0.717, 1.165) is 4.31 Å². The number of esters is 1. The number of anilines is 1. The van der Waals surface area contributed by atoms with Gasteiger partial charge < -0.3 is 9.26 Å². The highest BCUT2D eigenvalue weighted by molar-refractivity contribution is 7.90. The lowest BCUT2D eigenvalue weighted by molar-refractivity contribution is 0.0515. The Labute approximate surface area is 109 Å². The summed E-state index contributed by atoms with van der Waals surface area (Å²) in [6.45, 7) is 1.75. The molecule has 0 spiro atoms. The van der Waals surface area contributed by atoms with Crippen molar-refractivity contribution >= 4 is 33.7 Å². The number of aromatic nitrogens is 1. The Morgan fingerprint density at radius 1 is 1.56 bits per heavy atom. The standard InChI is InChI=1S/C8H12ClN3O5S/c1-4-16-8(13)6-5(9)7(17-10-6)11-18(14,15)12(2)3/h11H,4H2,1-3H3. The molecule has 0 aromatic carbocycles. The number of rotatable bonds is 5. The maximum Gasteiger partial charge on any atom is 0.362 e. The van der Waals surface area contributed by atoms with Crippen LogP contribution in [0.2, 0.25) is 5.02 Å². The van der Waals surface area contributed by atoms with Crippen molar-refractivity contribution in [1.29, 1.82) is 0 Å². The maximum absolute atomic E-state index is 11.5. The van der Waals surface area contributed by atoms with Crippen molar-refractivity contribution in [2.75, 3.05) is 25.4 Å². The third-order valence-corrected chi connectivity index (χ3v) is 3.56. The smallest absolute Gasteiger partial charge is 0.362 e.